The molecule has 1 aliphatic rings. The molecule has 0 spiro atoms. The van der Waals surface area contributed by atoms with Gasteiger partial charge in [0.05, 0.1) is 11.3 Å². The first-order valence-corrected chi connectivity index (χ1v) is 8.34. The highest BCUT2D eigenvalue weighted by atomic mass is 19.4. The predicted octanol–water partition coefficient (Wildman–Crippen LogP) is 3.31. The number of aromatic amines is 1. The zero-order valence-corrected chi connectivity index (χ0v) is 13.8. The molecule has 0 radical (unpaired) electrons. The number of alkyl halides is 3. The van der Waals surface area contributed by atoms with Gasteiger partial charge in [-0.3, -0.25) is 5.10 Å². The van der Waals surface area contributed by atoms with E-state index in [2.05, 4.69) is 30.8 Å². The molecule has 26 heavy (non-hydrogen) atoms. The Morgan fingerprint density at radius 1 is 1.27 bits per heavy atom. The number of hydrogen-bond donors (Lipinski definition) is 3. The van der Waals surface area contributed by atoms with Crippen LogP contribution >= 0.6 is 0 Å². The summed E-state index contributed by atoms with van der Waals surface area (Å²) in [6, 6.07) is 5.75. The van der Waals surface area contributed by atoms with Crippen LogP contribution in [0.3, 0.4) is 0 Å². The van der Waals surface area contributed by atoms with E-state index in [1.807, 2.05) is 0 Å². The van der Waals surface area contributed by atoms with E-state index < -0.39 is 11.7 Å². The number of nitrogens with one attached hydrogen (secondary N) is 3. The van der Waals surface area contributed by atoms with E-state index in [4.69, 9.17) is 0 Å². The van der Waals surface area contributed by atoms with E-state index >= 15 is 0 Å². The molecule has 6 nitrogen and oxygen atoms in total. The maximum absolute atomic E-state index is 13.5. The second-order valence-corrected chi connectivity index (χ2v) is 6.30. The molecule has 0 saturated carbocycles. The zero-order chi connectivity index (χ0) is 18.1. The van der Waals surface area contributed by atoms with Gasteiger partial charge in [0.2, 0.25) is 0 Å². The average Bonchev–Trinajstić information content (AvgIpc) is 3.28. The second-order valence-electron chi connectivity index (χ2n) is 6.30. The van der Waals surface area contributed by atoms with Crippen LogP contribution in [0.1, 0.15) is 13.4 Å². The third kappa shape index (κ3) is 3.22. The van der Waals surface area contributed by atoms with Crippen LogP contribution in [0.4, 0.5) is 19.0 Å². The molecule has 9 heteroatoms. The molecular formula is C17H19F3N6. The Balaban J connectivity index is 0.00000210. The van der Waals surface area contributed by atoms with Crippen molar-refractivity contribution < 1.29 is 14.6 Å². The van der Waals surface area contributed by atoms with Crippen LogP contribution in [0.25, 0.3) is 22.4 Å². The summed E-state index contributed by atoms with van der Waals surface area (Å²) in [7, 11) is 0. The number of H-pyrrole nitrogens is 1. The molecule has 0 aromatic carbocycles. The zero-order valence-electron chi connectivity index (χ0n) is 13.8. The fourth-order valence-corrected chi connectivity index (χ4v) is 3.15. The first-order valence-electron chi connectivity index (χ1n) is 8.34. The first-order chi connectivity index (χ1) is 12.5. The van der Waals surface area contributed by atoms with Crippen LogP contribution in [0, 0.1) is 5.92 Å². The van der Waals surface area contributed by atoms with Crippen molar-refractivity contribution in [3.63, 3.8) is 0 Å². The van der Waals surface area contributed by atoms with E-state index in [1.165, 1.54) is 6.07 Å². The van der Waals surface area contributed by atoms with Crippen molar-refractivity contribution >= 4 is 16.9 Å². The molecule has 138 valence electrons. The van der Waals surface area contributed by atoms with Crippen molar-refractivity contribution in [3.8, 4) is 11.4 Å². The summed E-state index contributed by atoms with van der Waals surface area (Å²) in [6.07, 6.45) is -1.94. The molecule has 3 aromatic rings. The number of halogens is 3. The Labute approximate surface area is 148 Å². The maximum Gasteiger partial charge on any atom is 0.418 e. The number of anilines is 1. The molecule has 4 heterocycles. The van der Waals surface area contributed by atoms with Crippen LogP contribution in [-0.4, -0.2) is 39.8 Å². The first kappa shape index (κ1) is 16.8. The van der Waals surface area contributed by atoms with Crippen molar-refractivity contribution in [2.24, 2.45) is 5.92 Å². The standard InChI is InChI=1S/C17H17F3N6.H2/c18-17(19,20)12-3-4-13(23-9-10-5-7-21-8-10)24-15(12)14-11-2-1-6-22-16(11)26-25-14;/h1-4,6,10,21H,5,7-9H2,(H,23,24)(H,22,25,26);1H. The van der Waals surface area contributed by atoms with Gasteiger partial charge in [0, 0.05) is 19.6 Å². The van der Waals surface area contributed by atoms with Crippen molar-refractivity contribution in [3.05, 3.63) is 36.0 Å². The summed E-state index contributed by atoms with van der Waals surface area (Å²) < 4.78 is 40.5. The third-order valence-electron chi connectivity index (χ3n) is 4.50. The van der Waals surface area contributed by atoms with Gasteiger partial charge in [0.25, 0.3) is 0 Å². The average molecular weight is 364 g/mol. The number of rotatable bonds is 4. The lowest BCUT2D eigenvalue weighted by atomic mass is 10.1. The number of hydrogen-bond acceptors (Lipinski definition) is 5. The van der Waals surface area contributed by atoms with Gasteiger partial charge in [-0.05, 0) is 49.7 Å². The van der Waals surface area contributed by atoms with E-state index in [1.54, 1.807) is 18.3 Å². The molecule has 3 aromatic heterocycles. The molecule has 1 aliphatic heterocycles. The van der Waals surface area contributed by atoms with Gasteiger partial charge in [0.15, 0.2) is 5.65 Å². The number of aromatic nitrogens is 4. The van der Waals surface area contributed by atoms with Crippen molar-refractivity contribution in [1.82, 2.24) is 25.5 Å². The molecular weight excluding hydrogens is 345 g/mol. The number of nitrogens with zero attached hydrogens (tertiary/aromatic N) is 3. The summed E-state index contributed by atoms with van der Waals surface area (Å²) in [5.41, 5.74) is -0.415. The Bertz CT molecular complexity index is 920. The minimum Gasteiger partial charge on any atom is -0.370 e. The van der Waals surface area contributed by atoms with Crippen LogP contribution in [0.15, 0.2) is 30.5 Å². The smallest absolute Gasteiger partial charge is 0.370 e. The van der Waals surface area contributed by atoms with Gasteiger partial charge >= 0.3 is 6.18 Å². The predicted molar refractivity (Wildman–Crippen MR) is 93.7 cm³/mol. The highest BCUT2D eigenvalue weighted by Crippen LogP contribution is 2.38. The molecule has 0 amide bonds. The fraction of sp³-hybridized carbons (Fsp3) is 0.353. The van der Waals surface area contributed by atoms with E-state index in [0.29, 0.717) is 29.3 Å². The van der Waals surface area contributed by atoms with Crippen LogP contribution in [0.5, 0.6) is 0 Å². The Morgan fingerprint density at radius 3 is 2.92 bits per heavy atom. The molecule has 4 rings (SSSR count). The van der Waals surface area contributed by atoms with Gasteiger partial charge < -0.3 is 10.6 Å². The topological polar surface area (TPSA) is 78.5 Å². The Hall–Kier alpha value is -2.68. The lowest BCUT2D eigenvalue weighted by Gasteiger charge is -2.15. The molecule has 0 aliphatic carbocycles. The van der Waals surface area contributed by atoms with Crippen LogP contribution in [0.2, 0.25) is 0 Å². The molecule has 1 atom stereocenters. The van der Waals surface area contributed by atoms with E-state index in [9.17, 15) is 13.2 Å². The van der Waals surface area contributed by atoms with Crippen molar-refractivity contribution in [2.45, 2.75) is 12.6 Å². The summed E-state index contributed by atoms with van der Waals surface area (Å²) >= 11 is 0. The lowest BCUT2D eigenvalue weighted by Crippen LogP contribution is -2.18. The van der Waals surface area contributed by atoms with Crippen LogP contribution < -0.4 is 10.6 Å². The number of pyridine rings is 2. The van der Waals surface area contributed by atoms with Gasteiger partial charge in [-0.1, -0.05) is 0 Å². The fourth-order valence-electron chi connectivity index (χ4n) is 3.15. The van der Waals surface area contributed by atoms with Gasteiger partial charge in [0.1, 0.15) is 11.5 Å². The minimum atomic E-state index is -4.52. The van der Waals surface area contributed by atoms with Gasteiger partial charge in [-0.25, -0.2) is 9.97 Å². The highest BCUT2D eigenvalue weighted by Gasteiger charge is 2.35. The van der Waals surface area contributed by atoms with Gasteiger partial charge in [-0.2, -0.15) is 18.3 Å². The lowest BCUT2D eigenvalue weighted by molar-refractivity contribution is -0.137. The van der Waals surface area contributed by atoms with Crippen molar-refractivity contribution in [2.75, 3.05) is 25.0 Å². The van der Waals surface area contributed by atoms with Crippen LogP contribution in [-0.2, 0) is 6.18 Å². The molecule has 0 bridgehead atoms. The number of fused-ring (bicyclic) bond motifs is 1. The third-order valence-corrected chi connectivity index (χ3v) is 4.50. The maximum atomic E-state index is 13.5. The van der Waals surface area contributed by atoms with E-state index in [0.717, 1.165) is 25.6 Å². The molecule has 1 unspecified atom stereocenters. The quantitative estimate of drug-likeness (QED) is 0.662. The summed E-state index contributed by atoms with van der Waals surface area (Å²) in [6.45, 7) is 2.53. The minimum absolute atomic E-state index is 0. The largest absolute Gasteiger partial charge is 0.418 e. The second kappa shape index (κ2) is 6.56. The Kier molecular flexibility index (Phi) is 4.23. The Morgan fingerprint density at radius 2 is 2.15 bits per heavy atom. The monoisotopic (exact) mass is 364 g/mol. The normalized spacial score (nSPS) is 17.7. The summed E-state index contributed by atoms with van der Waals surface area (Å²) in [5.74, 6) is 0.853. The SMILES string of the molecule is FC(F)(F)c1ccc(NCC2CCNC2)nc1-c1[nH]nc2ncccc12.[HH]. The molecule has 1 saturated heterocycles. The highest BCUT2D eigenvalue weighted by molar-refractivity contribution is 5.90. The molecule has 3 N–H and O–H groups in total. The van der Waals surface area contributed by atoms with Gasteiger partial charge in [-0.15, -0.1) is 0 Å². The van der Waals surface area contributed by atoms with Crippen molar-refractivity contribution in [1.29, 1.82) is 0 Å². The molecule has 1 fully saturated rings. The summed E-state index contributed by atoms with van der Waals surface area (Å²) in [5, 5.41) is 13.6. The summed E-state index contributed by atoms with van der Waals surface area (Å²) in [4.78, 5) is 8.30. The van der Waals surface area contributed by atoms with E-state index in [-0.39, 0.29) is 12.8 Å².